The third kappa shape index (κ3) is 7.08. The van der Waals surface area contributed by atoms with Crippen LogP contribution in [0.4, 0.5) is 4.79 Å². The molecule has 0 heterocycles. The molecule has 0 aromatic carbocycles. The summed E-state index contributed by atoms with van der Waals surface area (Å²) >= 11 is 0. The van der Waals surface area contributed by atoms with Crippen molar-refractivity contribution in [3.8, 4) is 0 Å². The second-order valence-electron chi connectivity index (χ2n) is 4.30. The molecule has 0 aromatic rings. The van der Waals surface area contributed by atoms with Crippen molar-refractivity contribution >= 4 is 12.0 Å². The number of nitrogens with zero attached hydrogens (tertiary/aromatic N) is 1. The van der Waals surface area contributed by atoms with E-state index in [1.54, 1.807) is 7.11 Å². The zero-order valence-electron chi connectivity index (χ0n) is 11.1. The Labute approximate surface area is 107 Å². The molecule has 0 saturated heterocycles. The largest absolute Gasteiger partial charge is 0.481 e. The molecule has 3 N–H and O–H groups in total. The van der Waals surface area contributed by atoms with Gasteiger partial charge in [-0.1, -0.05) is 0 Å². The molecule has 0 bridgehead atoms. The number of rotatable bonds is 8. The van der Waals surface area contributed by atoms with Gasteiger partial charge in [0, 0.05) is 26.7 Å². The molecule has 0 radical (unpaired) electrons. The number of nitrogens with one attached hydrogen (secondary N) is 1. The van der Waals surface area contributed by atoms with Crippen molar-refractivity contribution in [2.24, 2.45) is 0 Å². The second kappa shape index (κ2) is 7.88. The lowest BCUT2D eigenvalue weighted by molar-refractivity contribution is -0.141. The summed E-state index contributed by atoms with van der Waals surface area (Å²) in [5.41, 5.74) is -1.46. The van der Waals surface area contributed by atoms with Crippen LogP contribution < -0.4 is 5.32 Å². The molecule has 0 fully saturated rings. The van der Waals surface area contributed by atoms with E-state index >= 15 is 0 Å². The third-order valence-corrected chi connectivity index (χ3v) is 2.39. The topological polar surface area (TPSA) is 99.1 Å². The van der Waals surface area contributed by atoms with Gasteiger partial charge in [-0.15, -0.1) is 0 Å². The Balaban J connectivity index is 4.17. The van der Waals surface area contributed by atoms with E-state index in [4.69, 9.17) is 9.84 Å². The monoisotopic (exact) mass is 262 g/mol. The SMILES string of the molecule is CCN(CCOC)C(=O)NCC(C)(O)CC(=O)O. The van der Waals surface area contributed by atoms with Crippen molar-refractivity contribution in [2.45, 2.75) is 25.9 Å². The van der Waals surface area contributed by atoms with Crippen molar-refractivity contribution < 1.29 is 24.5 Å². The predicted octanol–water partition coefficient (Wildman–Crippen LogP) is -0.110. The van der Waals surface area contributed by atoms with Crippen LogP contribution in [0.5, 0.6) is 0 Å². The second-order valence-corrected chi connectivity index (χ2v) is 4.30. The zero-order chi connectivity index (χ0) is 14.2. The van der Waals surface area contributed by atoms with Gasteiger partial charge in [0.15, 0.2) is 0 Å². The van der Waals surface area contributed by atoms with E-state index in [0.717, 1.165) is 0 Å². The van der Waals surface area contributed by atoms with Gasteiger partial charge in [0.05, 0.1) is 18.6 Å². The minimum atomic E-state index is -1.46. The quantitative estimate of drug-likeness (QED) is 0.567. The molecule has 0 aliphatic heterocycles. The van der Waals surface area contributed by atoms with Crippen molar-refractivity contribution in [1.29, 1.82) is 0 Å². The number of carbonyl (C=O) groups excluding carboxylic acids is 1. The number of methoxy groups -OCH3 is 1. The Morgan fingerprint density at radius 1 is 1.44 bits per heavy atom. The highest BCUT2D eigenvalue weighted by Gasteiger charge is 2.25. The van der Waals surface area contributed by atoms with Gasteiger partial charge in [0.2, 0.25) is 0 Å². The summed E-state index contributed by atoms with van der Waals surface area (Å²) in [5.74, 6) is -1.11. The molecule has 0 aliphatic rings. The van der Waals surface area contributed by atoms with Crippen LogP contribution in [0.15, 0.2) is 0 Å². The summed E-state index contributed by atoms with van der Waals surface area (Å²) in [5, 5.41) is 20.8. The summed E-state index contributed by atoms with van der Waals surface area (Å²) in [6, 6.07) is -0.347. The van der Waals surface area contributed by atoms with Crippen molar-refractivity contribution in [3.05, 3.63) is 0 Å². The summed E-state index contributed by atoms with van der Waals surface area (Å²) in [6.45, 7) is 4.46. The number of carbonyl (C=O) groups is 2. The molecular formula is C11H22N2O5. The maximum absolute atomic E-state index is 11.7. The lowest BCUT2D eigenvalue weighted by Gasteiger charge is -2.25. The van der Waals surface area contributed by atoms with Crippen LogP contribution in [0.2, 0.25) is 0 Å². The van der Waals surface area contributed by atoms with Crippen LogP contribution in [0.3, 0.4) is 0 Å². The zero-order valence-corrected chi connectivity index (χ0v) is 11.1. The predicted molar refractivity (Wildman–Crippen MR) is 65.4 cm³/mol. The smallest absolute Gasteiger partial charge is 0.317 e. The van der Waals surface area contributed by atoms with Gasteiger partial charge in [-0.05, 0) is 13.8 Å². The summed E-state index contributed by atoms with van der Waals surface area (Å²) in [7, 11) is 1.55. The van der Waals surface area contributed by atoms with Gasteiger partial charge < -0.3 is 25.2 Å². The molecule has 0 spiro atoms. The van der Waals surface area contributed by atoms with Crippen LogP contribution in [-0.4, -0.2) is 66.1 Å². The van der Waals surface area contributed by atoms with Gasteiger partial charge in [0.1, 0.15) is 0 Å². The minimum Gasteiger partial charge on any atom is -0.481 e. The first-order valence-electron chi connectivity index (χ1n) is 5.78. The highest BCUT2D eigenvalue weighted by atomic mass is 16.5. The van der Waals surface area contributed by atoms with E-state index in [9.17, 15) is 14.7 Å². The lowest BCUT2D eigenvalue weighted by Crippen LogP contribution is -2.48. The number of ether oxygens (including phenoxy) is 1. The molecule has 106 valence electrons. The maximum atomic E-state index is 11.7. The normalized spacial score (nSPS) is 13.8. The van der Waals surface area contributed by atoms with E-state index in [1.807, 2.05) is 6.92 Å². The highest BCUT2D eigenvalue weighted by Crippen LogP contribution is 2.07. The van der Waals surface area contributed by atoms with Gasteiger partial charge in [0.25, 0.3) is 0 Å². The van der Waals surface area contributed by atoms with E-state index in [2.05, 4.69) is 5.32 Å². The van der Waals surface area contributed by atoms with E-state index < -0.39 is 18.0 Å². The average Bonchev–Trinajstić information content (AvgIpc) is 2.26. The lowest BCUT2D eigenvalue weighted by atomic mass is 10.0. The van der Waals surface area contributed by atoms with Crippen molar-refractivity contribution in [1.82, 2.24) is 10.2 Å². The Kier molecular flexibility index (Phi) is 7.30. The average molecular weight is 262 g/mol. The fourth-order valence-corrected chi connectivity index (χ4v) is 1.37. The summed E-state index contributed by atoms with van der Waals surface area (Å²) in [6.07, 6.45) is -0.419. The summed E-state index contributed by atoms with van der Waals surface area (Å²) in [4.78, 5) is 23.7. The summed E-state index contributed by atoms with van der Waals surface area (Å²) < 4.78 is 4.87. The molecule has 0 rings (SSSR count). The fourth-order valence-electron chi connectivity index (χ4n) is 1.37. The Morgan fingerprint density at radius 2 is 2.06 bits per heavy atom. The molecule has 7 nitrogen and oxygen atoms in total. The van der Waals surface area contributed by atoms with Gasteiger partial charge >= 0.3 is 12.0 Å². The molecule has 2 amide bonds. The number of aliphatic carboxylic acids is 1. The van der Waals surface area contributed by atoms with Gasteiger partial charge in [-0.2, -0.15) is 0 Å². The number of hydrogen-bond acceptors (Lipinski definition) is 4. The van der Waals surface area contributed by atoms with Crippen molar-refractivity contribution in [2.75, 3.05) is 33.4 Å². The Bertz CT molecular complexity index is 281. The highest BCUT2D eigenvalue weighted by molar-refractivity contribution is 5.74. The Morgan fingerprint density at radius 3 is 2.50 bits per heavy atom. The standard InChI is InChI=1S/C11H22N2O5/c1-4-13(5-6-18-3)10(16)12-8-11(2,17)7-9(14)15/h17H,4-8H2,1-3H3,(H,12,16)(H,14,15). The molecule has 1 unspecified atom stereocenters. The molecule has 0 aromatic heterocycles. The molecule has 0 saturated carbocycles. The number of aliphatic hydroxyl groups is 1. The van der Waals surface area contributed by atoms with E-state index in [0.29, 0.717) is 19.7 Å². The first-order valence-corrected chi connectivity index (χ1v) is 5.78. The number of carboxylic acids is 1. The van der Waals surface area contributed by atoms with Crippen LogP contribution in [-0.2, 0) is 9.53 Å². The minimum absolute atomic E-state index is 0.110. The van der Waals surface area contributed by atoms with Gasteiger partial charge in [-0.3, -0.25) is 4.79 Å². The maximum Gasteiger partial charge on any atom is 0.317 e. The first kappa shape index (κ1) is 16.7. The van der Waals surface area contributed by atoms with Gasteiger partial charge in [-0.25, -0.2) is 4.79 Å². The first-order chi connectivity index (χ1) is 8.32. The molecule has 1 atom stereocenters. The number of urea groups is 1. The van der Waals surface area contributed by atoms with Crippen molar-refractivity contribution in [3.63, 3.8) is 0 Å². The number of carboxylic acid groups (broad SMARTS) is 1. The van der Waals surface area contributed by atoms with Crippen LogP contribution in [0.1, 0.15) is 20.3 Å². The molecule has 7 heteroatoms. The molecular weight excluding hydrogens is 240 g/mol. The van der Waals surface area contributed by atoms with Crippen LogP contribution in [0, 0.1) is 0 Å². The Hall–Kier alpha value is -1.34. The third-order valence-electron chi connectivity index (χ3n) is 2.39. The number of likely N-dealkylation sites (N-methyl/N-ethyl adjacent to an activating group) is 1. The molecule has 0 aliphatic carbocycles. The van der Waals surface area contributed by atoms with Crippen LogP contribution >= 0.6 is 0 Å². The fraction of sp³-hybridized carbons (Fsp3) is 0.818. The van der Waals surface area contributed by atoms with E-state index in [-0.39, 0.29) is 12.6 Å². The van der Waals surface area contributed by atoms with E-state index in [1.165, 1.54) is 11.8 Å². The molecule has 18 heavy (non-hydrogen) atoms. The van der Waals surface area contributed by atoms with Crippen LogP contribution in [0.25, 0.3) is 0 Å². The number of amides is 2. The number of hydrogen-bond donors (Lipinski definition) is 3.